The molecule has 0 aliphatic carbocycles. The normalized spacial score (nSPS) is 10.8. The van der Waals surface area contributed by atoms with Crippen LogP contribution in [0, 0.1) is 23.0 Å². The average molecular weight is 199 g/mol. The Bertz CT molecular complexity index is 317. The van der Waals surface area contributed by atoms with Crippen LogP contribution < -0.4 is 0 Å². The fourth-order valence-electron chi connectivity index (χ4n) is 1.22. The SMILES string of the molecule is Cc1sc(CC(C)C)cc1[N+](=O)[O-]. The Morgan fingerprint density at radius 1 is 1.62 bits per heavy atom. The van der Waals surface area contributed by atoms with E-state index in [-0.39, 0.29) is 10.6 Å². The molecular weight excluding hydrogens is 186 g/mol. The van der Waals surface area contributed by atoms with Gasteiger partial charge in [0.2, 0.25) is 0 Å². The van der Waals surface area contributed by atoms with Crippen LogP contribution in [0.2, 0.25) is 0 Å². The minimum Gasteiger partial charge on any atom is -0.258 e. The van der Waals surface area contributed by atoms with Crippen molar-refractivity contribution in [2.75, 3.05) is 0 Å². The van der Waals surface area contributed by atoms with Crippen molar-refractivity contribution in [2.45, 2.75) is 27.2 Å². The van der Waals surface area contributed by atoms with Gasteiger partial charge in [0.15, 0.2) is 0 Å². The van der Waals surface area contributed by atoms with Gasteiger partial charge in [-0.25, -0.2) is 0 Å². The van der Waals surface area contributed by atoms with Gasteiger partial charge in [-0.3, -0.25) is 10.1 Å². The largest absolute Gasteiger partial charge is 0.283 e. The van der Waals surface area contributed by atoms with Gasteiger partial charge in [-0.15, -0.1) is 11.3 Å². The molecule has 0 radical (unpaired) electrons. The average Bonchev–Trinajstić information content (AvgIpc) is 2.29. The van der Waals surface area contributed by atoms with Crippen LogP contribution in [-0.4, -0.2) is 4.92 Å². The van der Waals surface area contributed by atoms with Crippen molar-refractivity contribution < 1.29 is 4.92 Å². The zero-order valence-corrected chi connectivity index (χ0v) is 8.85. The molecule has 4 heteroatoms. The molecular formula is C9H13NO2S. The minimum absolute atomic E-state index is 0.264. The summed E-state index contributed by atoms with van der Waals surface area (Å²) in [7, 11) is 0. The van der Waals surface area contributed by atoms with Crippen LogP contribution in [0.4, 0.5) is 5.69 Å². The second kappa shape index (κ2) is 3.87. The Labute approximate surface area is 81.5 Å². The molecule has 0 fully saturated rings. The Morgan fingerprint density at radius 3 is 2.62 bits per heavy atom. The first-order valence-corrected chi connectivity index (χ1v) is 5.06. The van der Waals surface area contributed by atoms with Crippen molar-refractivity contribution in [2.24, 2.45) is 5.92 Å². The lowest BCUT2D eigenvalue weighted by molar-refractivity contribution is -0.385. The Balaban J connectivity index is 2.89. The highest BCUT2D eigenvalue weighted by Crippen LogP contribution is 2.29. The predicted molar refractivity (Wildman–Crippen MR) is 54.3 cm³/mol. The maximum Gasteiger partial charge on any atom is 0.283 e. The molecule has 0 unspecified atom stereocenters. The number of nitrogens with zero attached hydrogens (tertiary/aromatic N) is 1. The van der Waals surface area contributed by atoms with Gasteiger partial charge in [-0.2, -0.15) is 0 Å². The van der Waals surface area contributed by atoms with E-state index in [2.05, 4.69) is 13.8 Å². The smallest absolute Gasteiger partial charge is 0.258 e. The van der Waals surface area contributed by atoms with Crippen molar-refractivity contribution in [3.63, 3.8) is 0 Å². The molecule has 3 nitrogen and oxygen atoms in total. The highest BCUT2D eigenvalue weighted by Gasteiger charge is 2.15. The third-order valence-corrected chi connectivity index (χ3v) is 2.81. The number of hydrogen-bond acceptors (Lipinski definition) is 3. The molecule has 0 aliphatic rings. The van der Waals surface area contributed by atoms with Gasteiger partial charge in [0.25, 0.3) is 5.69 Å². The van der Waals surface area contributed by atoms with Gasteiger partial charge >= 0.3 is 0 Å². The number of aryl methyl sites for hydroxylation is 1. The van der Waals surface area contributed by atoms with Crippen molar-refractivity contribution in [3.05, 3.63) is 25.9 Å². The lowest BCUT2D eigenvalue weighted by Crippen LogP contribution is -1.90. The van der Waals surface area contributed by atoms with E-state index in [9.17, 15) is 10.1 Å². The van der Waals surface area contributed by atoms with E-state index >= 15 is 0 Å². The molecule has 0 saturated heterocycles. The monoisotopic (exact) mass is 199 g/mol. The molecule has 1 aromatic heterocycles. The highest BCUT2D eigenvalue weighted by atomic mass is 32.1. The maximum atomic E-state index is 10.5. The topological polar surface area (TPSA) is 43.1 Å². The Morgan fingerprint density at radius 2 is 2.23 bits per heavy atom. The summed E-state index contributed by atoms with van der Waals surface area (Å²) in [4.78, 5) is 12.1. The fraction of sp³-hybridized carbons (Fsp3) is 0.556. The van der Waals surface area contributed by atoms with E-state index in [0.29, 0.717) is 5.92 Å². The molecule has 1 aromatic rings. The quantitative estimate of drug-likeness (QED) is 0.554. The van der Waals surface area contributed by atoms with Crippen molar-refractivity contribution >= 4 is 17.0 Å². The zero-order chi connectivity index (χ0) is 10.0. The van der Waals surface area contributed by atoms with E-state index in [0.717, 1.165) is 16.2 Å². The van der Waals surface area contributed by atoms with Crippen LogP contribution >= 0.6 is 11.3 Å². The first kappa shape index (κ1) is 10.2. The molecule has 0 aliphatic heterocycles. The summed E-state index contributed by atoms with van der Waals surface area (Å²) in [5, 5.41) is 10.5. The molecule has 72 valence electrons. The molecule has 0 bridgehead atoms. The van der Waals surface area contributed by atoms with E-state index in [1.54, 1.807) is 13.0 Å². The summed E-state index contributed by atoms with van der Waals surface area (Å²) in [6.45, 7) is 6.02. The lowest BCUT2D eigenvalue weighted by atomic mass is 10.1. The summed E-state index contributed by atoms with van der Waals surface area (Å²) in [5.41, 5.74) is 0.264. The summed E-state index contributed by atoms with van der Waals surface area (Å²) >= 11 is 1.53. The number of hydrogen-bond donors (Lipinski definition) is 0. The van der Waals surface area contributed by atoms with Crippen LogP contribution in [0.3, 0.4) is 0 Å². The fourth-order valence-corrected chi connectivity index (χ4v) is 2.44. The summed E-state index contributed by atoms with van der Waals surface area (Å²) < 4.78 is 0. The number of rotatable bonds is 3. The number of nitro groups is 1. The van der Waals surface area contributed by atoms with Crippen LogP contribution in [-0.2, 0) is 6.42 Å². The molecule has 0 N–H and O–H groups in total. The molecule has 0 amide bonds. The van der Waals surface area contributed by atoms with Crippen LogP contribution in [0.15, 0.2) is 6.07 Å². The molecule has 13 heavy (non-hydrogen) atoms. The van der Waals surface area contributed by atoms with Crippen molar-refractivity contribution in [1.82, 2.24) is 0 Å². The second-order valence-electron chi connectivity index (χ2n) is 3.51. The molecule has 1 rings (SSSR count). The molecule has 0 aromatic carbocycles. The Hall–Kier alpha value is -0.900. The third-order valence-electron chi connectivity index (χ3n) is 1.75. The van der Waals surface area contributed by atoms with Gasteiger partial charge in [-0.1, -0.05) is 13.8 Å². The van der Waals surface area contributed by atoms with Gasteiger partial charge in [0.1, 0.15) is 0 Å². The van der Waals surface area contributed by atoms with Gasteiger partial charge < -0.3 is 0 Å². The van der Waals surface area contributed by atoms with E-state index in [4.69, 9.17) is 0 Å². The summed E-state index contributed by atoms with van der Waals surface area (Å²) in [6.07, 6.45) is 0.930. The van der Waals surface area contributed by atoms with Crippen LogP contribution in [0.5, 0.6) is 0 Å². The molecule has 0 atom stereocenters. The van der Waals surface area contributed by atoms with E-state index in [1.165, 1.54) is 11.3 Å². The van der Waals surface area contributed by atoms with E-state index < -0.39 is 0 Å². The lowest BCUT2D eigenvalue weighted by Gasteiger charge is -1.98. The van der Waals surface area contributed by atoms with Crippen molar-refractivity contribution in [3.8, 4) is 0 Å². The molecule has 0 saturated carbocycles. The van der Waals surface area contributed by atoms with Gasteiger partial charge in [0.05, 0.1) is 9.80 Å². The minimum atomic E-state index is -0.310. The number of thiophene rings is 1. The first-order chi connectivity index (χ1) is 6.00. The second-order valence-corrected chi connectivity index (χ2v) is 4.85. The molecule has 0 spiro atoms. The van der Waals surface area contributed by atoms with Crippen LogP contribution in [0.1, 0.15) is 23.6 Å². The highest BCUT2D eigenvalue weighted by molar-refractivity contribution is 7.12. The van der Waals surface area contributed by atoms with Gasteiger partial charge in [-0.05, 0) is 19.3 Å². The summed E-state index contributed by atoms with van der Waals surface area (Å²) in [6, 6.07) is 1.69. The Kier molecular flexibility index (Phi) is 3.03. The first-order valence-electron chi connectivity index (χ1n) is 4.24. The standard InChI is InChI=1S/C9H13NO2S/c1-6(2)4-8-5-9(10(11)12)7(3)13-8/h5-6H,4H2,1-3H3. The predicted octanol–water partition coefficient (Wildman–Crippen LogP) is 3.16. The molecule has 1 heterocycles. The maximum absolute atomic E-state index is 10.5. The van der Waals surface area contributed by atoms with Crippen molar-refractivity contribution in [1.29, 1.82) is 0 Å². The third kappa shape index (κ3) is 2.52. The van der Waals surface area contributed by atoms with Crippen LogP contribution in [0.25, 0.3) is 0 Å². The van der Waals surface area contributed by atoms with Gasteiger partial charge in [0, 0.05) is 10.9 Å². The van der Waals surface area contributed by atoms with E-state index in [1.807, 2.05) is 0 Å². The summed E-state index contributed by atoms with van der Waals surface area (Å²) in [5.74, 6) is 0.553. The zero-order valence-electron chi connectivity index (χ0n) is 8.03.